The van der Waals surface area contributed by atoms with Gasteiger partial charge < -0.3 is 14.2 Å². The predicted molar refractivity (Wildman–Crippen MR) is 78.2 cm³/mol. The normalized spacial score (nSPS) is 18.0. The lowest BCUT2D eigenvalue weighted by Gasteiger charge is -2.33. The summed E-state index contributed by atoms with van der Waals surface area (Å²) in [6, 6.07) is 0. The van der Waals surface area contributed by atoms with Gasteiger partial charge in [0, 0.05) is 31.8 Å². The first kappa shape index (κ1) is 16.7. The molecule has 0 aliphatic carbocycles. The second-order valence-electron chi connectivity index (χ2n) is 6.53. The fourth-order valence-corrected chi connectivity index (χ4v) is 2.25. The molecule has 2 heterocycles. The van der Waals surface area contributed by atoms with Crippen LogP contribution in [0.1, 0.15) is 58.2 Å². The Bertz CT molecular complexity index is 508. The molecular formula is C15H24FN3O3. The molecule has 0 spiro atoms. The van der Waals surface area contributed by atoms with Crippen LogP contribution in [0.3, 0.4) is 0 Å². The summed E-state index contributed by atoms with van der Waals surface area (Å²) in [4.78, 5) is 17.6. The van der Waals surface area contributed by atoms with Crippen molar-refractivity contribution < 1.29 is 18.4 Å². The summed E-state index contributed by atoms with van der Waals surface area (Å²) in [7, 11) is 0. The van der Waals surface area contributed by atoms with E-state index in [4.69, 9.17) is 9.26 Å². The summed E-state index contributed by atoms with van der Waals surface area (Å²) in [6.07, 6.45) is -0.0754. The Hall–Kier alpha value is -1.66. The first-order chi connectivity index (χ1) is 10.3. The lowest BCUT2D eigenvalue weighted by Crippen LogP contribution is -2.44. The molecular weight excluding hydrogens is 289 g/mol. The van der Waals surface area contributed by atoms with Crippen LogP contribution >= 0.6 is 0 Å². The number of piperidine rings is 1. The van der Waals surface area contributed by atoms with Gasteiger partial charge in [-0.3, -0.25) is 0 Å². The number of ether oxygens (including phenoxy) is 1. The Kier molecular flexibility index (Phi) is 5.03. The quantitative estimate of drug-likeness (QED) is 0.853. The van der Waals surface area contributed by atoms with Crippen molar-refractivity contribution >= 4 is 6.09 Å². The van der Waals surface area contributed by atoms with Crippen molar-refractivity contribution in [3.63, 3.8) is 0 Å². The van der Waals surface area contributed by atoms with E-state index in [2.05, 4.69) is 10.1 Å². The summed E-state index contributed by atoms with van der Waals surface area (Å²) in [5, 5.41) is 3.77. The number of hydrogen-bond acceptors (Lipinski definition) is 5. The van der Waals surface area contributed by atoms with Crippen LogP contribution in [-0.2, 0) is 10.4 Å². The van der Waals surface area contributed by atoms with Crippen molar-refractivity contribution in [1.29, 1.82) is 0 Å². The van der Waals surface area contributed by atoms with Gasteiger partial charge in [0.05, 0.1) is 6.61 Å². The standard InChI is InChI=1S/C15H24FN3O3/c1-10(2)9-21-14(20)19-7-5-15(16,6-8-19)13-17-12(11(3)4)22-18-13/h10-11H,5-9H2,1-4H3. The summed E-state index contributed by atoms with van der Waals surface area (Å²) in [6.45, 7) is 8.72. The smallest absolute Gasteiger partial charge is 0.409 e. The third-order valence-corrected chi connectivity index (χ3v) is 3.69. The van der Waals surface area contributed by atoms with E-state index in [0.29, 0.717) is 25.6 Å². The van der Waals surface area contributed by atoms with Crippen LogP contribution in [0, 0.1) is 5.92 Å². The zero-order valence-corrected chi connectivity index (χ0v) is 13.6. The number of hydrogen-bond donors (Lipinski definition) is 0. The minimum Gasteiger partial charge on any atom is -0.449 e. The Morgan fingerprint density at radius 2 is 2.00 bits per heavy atom. The summed E-state index contributed by atoms with van der Waals surface area (Å²) >= 11 is 0. The molecule has 0 saturated carbocycles. The van der Waals surface area contributed by atoms with E-state index in [1.54, 1.807) is 0 Å². The zero-order chi connectivity index (χ0) is 16.3. The highest BCUT2D eigenvalue weighted by Crippen LogP contribution is 2.35. The summed E-state index contributed by atoms with van der Waals surface area (Å²) in [5.41, 5.74) is -1.63. The minimum atomic E-state index is -1.63. The minimum absolute atomic E-state index is 0.0657. The van der Waals surface area contributed by atoms with E-state index in [1.165, 1.54) is 4.90 Å². The second kappa shape index (κ2) is 6.62. The molecule has 1 fully saturated rings. The molecule has 22 heavy (non-hydrogen) atoms. The van der Waals surface area contributed by atoms with Crippen molar-refractivity contribution in [3.8, 4) is 0 Å². The highest BCUT2D eigenvalue weighted by molar-refractivity contribution is 5.67. The van der Waals surface area contributed by atoms with E-state index in [-0.39, 0.29) is 36.6 Å². The molecule has 0 bridgehead atoms. The second-order valence-corrected chi connectivity index (χ2v) is 6.53. The molecule has 1 saturated heterocycles. The van der Waals surface area contributed by atoms with Gasteiger partial charge >= 0.3 is 6.09 Å². The van der Waals surface area contributed by atoms with Crippen LogP contribution in [0.2, 0.25) is 0 Å². The first-order valence-electron chi connectivity index (χ1n) is 7.76. The third-order valence-electron chi connectivity index (χ3n) is 3.69. The lowest BCUT2D eigenvalue weighted by atomic mass is 9.93. The molecule has 0 N–H and O–H groups in total. The van der Waals surface area contributed by atoms with Crippen LogP contribution in [0.15, 0.2) is 4.52 Å². The number of halogens is 1. The average molecular weight is 313 g/mol. The topological polar surface area (TPSA) is 68.5 Å². The van der Waals surface area contributed by atoms with Gasteiger partial charge in [0.2, 0.25) is 11.7 Å². The average Bonchev–Trinajstić information content (AvgIpc) is 2.96. The van der Waals surface area contributed by atoms with E-state index >= 15 is 0 Å². The number of likely N-dealkylation sites (tertiary alicyclic amines) is 1. The van der Waals surface area contributed by atoms with Crippen LogP contribution in [0.4, 0.5) is 9.18 Å². The molecule has 0 unspecified atom stereocenters. The van der Waals surface area contributed by atoms with Crippen molar-refractivity contribution in [3.05, 3.63) is 11.7 Å². The van der Waals surface area contributed by atoms with Gasteiger partial charge in [0.15, 0.2) is 5.67 Å². The van der Waals surface area contributed by atoms with E-state index in [0.717, 1.165) is 0 Å². The number of carbonyl (C=O) groups is 1. The number of amides is 1. The van der Waals surface area contributed by atoms with Gasteiger partial charge in [-0.05, 0) is 5.92 Å². The zero-order valence-electron chi connectivity index (χ0n) is 13.6. The SMILES string of the molecule is CC(C)COC(=O)N1CCC(F)(c2noc(C(C)C)n2)CC1. The van der Waals surface area contributed by atoms with Crippen molar-refractivity contribution in [1.82, 2.24) is 15.0 Å². The third kappa shape index (κ3) is 3.75. The molecule has 124 valence electrons. The maximum atomic E-state index is 15.0. The van der Waals surface area contributed by atoms with E-state index in [1.807, 2.05) is 27.7 Å². The van der Waals surface area contributed by atoms with Gasteiger partial charge in [-0.15, -0.1) is 0 Å². The van der Waals surface area contributed by atoms with Gasteiger partial charge in [-0.2, -0.15) is 4.98 Å². The predicted octanol–water partition coefficient (Wildman–Crippen LogP) is 3.25. The number of rotatable bonds is 4. The molecule has 2 rings (SSSR count). The van der Waals surface area contributed by atoms with Gasteiger partial charge in [0.25, 0.3) is 0 Å². The lowest BCUT2D eigenvalue weighted by molar-refractivity contribution is 0.0323. The van der Waals surface area contributed by atoms with Crippen LogP contribution in [0.25, 0.3) is 0 Å². The molecule has 0 atom stereocenters. The maximum absolute atomic E-state index is 15.0. The van der Waals surface area contributed by atoms with Gasteiger partial charge in [0.1, 0.15) is 0 Å². The number of aromatic nitrogens is 2. The number of alkyl halides is 1. The van der Waals surface area contributed by atoms with Crippen molar-refractivity contribution in [2.24, 2.45) is 5.92 Å². The molecule has 1 aromatic rings. The molecule has 0 aromatic carbocycles. The first-order valence-corrected chi connectivity index (χ1v) is 7.76. The van der Waals surface area contributed by atoms with Gasteiger partial charge in [-0.1, -0.05) is 32.9 Å². The Morgan fingerprint density at radius 3 is 2.50 bits per heavy atom. The van der Waals surface area contributed by atoms with Crippen LogP contribution in [0.5, 0.6) is 0 Å². The monoisotopic (exact) mass is 313 g/mol. The fourth-order valence-electron chi connectivity index (χ4n) is 2.25. The molecule has 1 aliphatic heterocycles. The molecule has 7 heteroatoms. The Labute approximate surface area is 130 Å². The highest BCUT2D eigenvalue weighted by atomic mass is 19.1. The van der Waals surface area contributed by atoms with Gasteiger partial charge in [-0.25, -0.2) is 9.18 Å². The van der Waals surface area contributed by atoms with Crippen molar-refractivity contribution in [2.45, 2.75) is 52.1 Å². The summed E-state index contributed by atoms with van der Waals surface area (Å²) < 4.78 is 25.2. The summed E-state index contributed by atoms with van der Waals surface area (Å²) in [5.74, 6) is 0.871. The molecule has 6 nitrogen and oxygen atoms in total. The maximum Gasteiger partial charge on any atom is 0.409 e. The number of nitrogens with zero attached hydrogens (tertiary/aromatic N) is 3. The molecule has 1 amide bonds. The molecule has 1 aliphatic rings. The molecule has 0 radical (unpaired) electrons. The Morgan fingerprint density at radius 1 is 1.36 bits per heavy atom. The molecule has 1 aromatic heterocycles. The van der Waals surface area contributed by atoms with Crippen molar-refractivity contribution in [2.75, 3.05) is 19.7 Å². The largest absolute Gasteiger partial charge is 0.449 e. The Balaban J connectivity index is 1.93. The van der Waals surface area contributed by atoms with E-state index in [9.17, 15) is 9.18 Å². The fraction of sp³-hybridized carbons (Fsp3) is 0.800. The number of carbonyl (C=O) groups excluding carboxylic acids is 1. The van der Waals surface area contributed by atoms with Crippen LogP contribution < -0.4 is 0 Å². The van der Waals surface area contributed by atoms with Crippen LogP contribution in [-0.4, -0.2) is 40.8 Å². The van der Waals surface area contributed by atoms with E-state index < -0.39 is 5.67 Å². The highest BCUT2D eigenvalue weighted by Gasteiger charge is 2.42.